The summed E-state index contributed by atoms with van der Waals surface area (Å²) in [6.45, 7) is 7.06. The maximum Gasteiger partial charge on any atom is 0.420 e. The molecule has 3 aromatic rings. The van der Waals surface area contributed by atoms with Crippen molar-refractivity contribution in [3.63, 3.8) is 0 Å². The van der Waals surface area contributed by atoms with Gasteiger partial charge < -0.3 is 4.74 Å². The van der Waals surface area contributed by atoms with E-state index in [9.17, 15) is 9.18 Å². The van der Waals surface area contributed by atoms with Crippen LogP contribution in [0.5, 0.6) is 0 Å². The third-order valence-electron chi connectivity index (χ3n) is 3.55. The topological polar surface area (TPSA) is 61.9 Å². The summed E-state index contributed by atoms with van der Waals surface area (Å²) < 4.78 is 23.2. The molecule has 7 heteroatoms. The maximum atomic E-state index is 15.0. The smallest absolute Gasteiger partial charge is 0.420 e. The Kier molecular flexibility index (Phi) is 3.66. The quantitative estimate of drug-likeness (QED) is 0.683. The molecule has 0 aliphatic rings. The minimum absolute atomic E-state index is 0.242. The fourth-order valence-electron chi connectivity index (χ4n) is 2.54. The van der Waals surface area contributed by atoms with Gasteiger partial charge in [-0.25, -0.2) is 18.7 Å². The molecular weight excluding hydrogens is 311 g/mol. The van der Waals surface area contributed by atoms with Gasteiger partial charge in [0.15, 0.2) is 5.65 Å². The zero-order valence-corrected chi connectivity index (χ0v) is 14.3. The van der Waals surface area contributed by atoms with E-state index in [1.807, 2.05) is 0 Å². The number of carbonyl (C=O) groups excluding carboxylic acids is 1. The zero-order valence-electron chi connectivity index (χ0n) is 14.3. The number of nitrogens with zero attached hydrogens (tertiary/aromatic N) is 4. The number of hydrogen-bond donors (Lipinski definition) is 0. The number of halogens is 1. The molecule has 0 saturated heterocycles. The van der Waals surface area contributed by atoms with Crippen LogP contribution in [0.15, 0.2) is 24.8 Å². The average molecular weight is 330 g/mol. The molecule has 0 aromatic carbocycles. The molecule has 24 heavy (non-hydrogen) atoms. The van der Waals surface area contributed by atoms with E-state index in [4.69, 9.17) is 4.74 Å². The number of carbonyl (C=O) groups is 1. The van der Waals surface area contributed by atoms with Crippen molar-refractivity contribution in [2.24, 2.45) is 7.05 Å². The zero-order chi connectivity index (χ0) is 17.6. The van der Waals surface area contributed by atoms with Gasteiger partial charge in [-0.15, -0.1) is 0 Å². The van der Waals surface area contributed by atoms with Gasteiger partial charge in [0.05, 0.1) is 11.6 Å². The number of pyridine rings is 1. The molecule has 0 unspecified atom stereocenters. The van der Waals surface area contributed by atoms with Crippen LogP contribution in [0.25, 0.3) is 22.2 Å². The second-order valence-electron chi connectivity index (χ2n) is 6.75. The summed E-state index contributed by atoms with van der Waals surface area (Å²) >= 11 is 0. The average Bonchev–Trinajstić information content (AvgIpc) is 3.02. The molecule has 3 aromatic heterocycles. The van der Waals surface area contributed by atoms with Crippen LogP contribution in [0, 0.1) is 12.7 Å². The van der Waals surface area contributed by atoms with Crippen LogP contribution in [-0.2, 0) is 11.8 Å². The molecule has 0 spiro atoms. The largest absolute Gasteiger partial charge is 0.443 e. The predicted octanol–water partition coefficient (Wildman–Crippen LogP) is 3.67. The molecule has 0 atom stereocenters. The van der Waals surface area contributed by atoms with Gasteiger partial charge in [-0.1, -0.05) is 0 Å². The molecule has 3 heterocycles. The predicted molar refractivity (Wildman–Crippen MR) is 88.3 cm³/mol. The number of hydrogen-bond acceptors (Lipinski definition) is 4. The van der Waals surface area contributed by atoms with Gasteiger partial charge in [0.2, 0.25) is 0 Å². The van der Waals surface area contributed by atoms with Gasteiger partial charge >= 0.3 is 6.09 Å². The Labute approximate surface area is 138 Å². The lowest BCUT2D eigenvalue weighted by Crippen LogP contribution is -2.26. The minimum Gasteiger partial charge on any atom is -0.443 e. The van der Waals surface area contributed by atoms with Gasteiger partial charge in [-0.2, -0.15) is 5.10 Å². The van der Waals surface area contributed by atoms with Crippen molar-refractivity contribution >= 4 is 17.1 Å². The minimum atomic E-state index is -0.643. The van der Waals surface area contributed by atoms with Crippen molar-refractivity contribution in [3.8, 4) is 11.1 Å². The van der Waals surface area contributed by atoms with E-state index in [-0.39, 0.29) is 5.65 Å². The monoisotopic (exact) mass is 330 g/mol. The van der Waals surface area contributed by atoms with Crippen LogP contribution in [0.1, 0.15) is 26.3 Å². The van der Waals surface area contributed by atoms with Crippen molar-refractivity contribution in [1.29, 1.82) is 0 Å². The van der Waals surface area contributed by atoms with Gasteiger partial charge in [0.1, 0.15) is 11.4 Å². The van der Waals surface area contributed by atoms with Crippen molar-refractivity contribution in [2.75, 3.05) is 0 Å². The van der Waals surface area contributed by atoms with Gasteiger partial charge in [-0.3, -0.25) is 4.68 Å². The molecule has 126 valence electrons. The number of ether oxygens (including phenoxy) is 1. The Hall–Kier alpha value is -2.70. The lowest BCUT2D eigenvalue weighted by Gasteiger charge is -2.19. The lowest BCUT2D eigenvalue weighted by atomic mass is 10.1. The molecule has 0 bridgehead atoms. The fourth-order valence-corrected chi connectivity index (χ4v) is 2.54. The molecule has 0 radical (unpaired) electrons. The second-order valence-corrected chi connectivity index (χ2v) is 6.75. The highest BCUT2D eigenvalue weighted by molar-refractivity contribution is 5.92. The van der Waals surface area contributed by atoms with E-state index in [0.29, 0.717) is 22.1 Å². The summed E-state index contributed by atoms with van der Waals surface area (Å²) in [5.41, 5.74) is 1.20. The second kappa shape index (κ2) is 5.43. The first kappa shape index (κ1) is 16.2. The third kappa shape index (κ3) is 2.77. The number of aryl methyl sites for hydroxylation is 2. The fraction of sp³-hybridized carbons (Fsp3) is 0.353. The Bertz CT molecular complexity index is 934. The Morgan fingerprint density at radius 1 is 1.25 bits per heavy atom. The van der Waals surface area contributed by atoms with E-state index in [2.05, 4.69) is 10.1 Å². The first-order valence-electron chi connectivity index (χ1n) is 7.56. The van der Waals surface area contributed by atoms with Gasteiger partial charge in [-0.05, 0) is 33.3 Å². The maximum absolute atomic E-state index is 15.0. The van der Waals surface area contributed by atoms with E-state index < -0.39 is 17.5 Å². The summed E-state index contributed by atoms with van der Waals surface area (Å²) in [4.78, 5) is 16.6. The molecule has 0 fully saturated rings. The van der Waals surface area contributed by atoms with Crippen molar-refractivity contribution < 1.29 is 13.9 Å². The molecule has 0 amide bonds. The normalized spacial score (nSPS) is 11.9. The van der Waals surface area contributed by atoms with Crippen LogP contribution in [-0.4, -0.2) is 31.0 Å². The van der Waals surface area contributed by atoms with Crippen molar-refractivity contribution in [3.05, 3.63) is 36.2 Å². The van der Waals surface area contributed by atoms with Gasteiger partial charge in [0, 0.05) is 36.8 Å². The molecule has 3 rings (SSSR count). The third-order valence-corrected chi connectivity index (χ3v) is 3.55. The molecule has 0 aliphatic carbocycles. The molecule has 0 saturated carbocycles. The number of rotatable bonds is 1. The molecule has 0 aliphatic heterocycles. The molecule has 6 nitrogen and oxygen atoms in total. The Morgan fingerprint density at radius 2 is 1.96 bits per heavy atom. The number of aromatic nitrogens is 4. The number of fused-ring (bicyclic) bond motifs is 1. The first-order valence-corrected chi connectivity index (χ1v) is 7.56. The first-order chi connectivity index (χ1) is 11.2. The summed E-state index contributed by atoms with van der Waals surface area (Å²) in [6, 6.07) is 0. The highest BCUT2D eigenvalue weighted by Crippen LogP contribution is 2.30. The molecular formula is C17H19FN4O2. The Morgan fingerprint density at radius 3 is 2.54 bits per heavy atom. The summed E-state index contributed by atoms with van der Waals surface area (Å²) in [5.74, 6) is -0.423. The highest BCUT2D eigenvalue weighted by Gasteiger charge is 2.23. The summed E-state index contributed by atoms with van der Waals surface area (Å²) in [7, 11) is 1.76. The van der Waals surface area contributed by atoms with Crippen molar-refractivity contribution in [2.45, 2.75) is 33.3 Å². The van der Waals surface area contributed by atoms with Crippen LogP contribution in [0.4, 0.5) is 9.18 Å². The van der Waals surface area contributed by atoms with Crippen LogP contribution in [0.3, 0.4) is 0 Å². The van der Waals surface area contributed by atoms with E-state index in [0.717, 1.165) is 0 Å². The lowest BCUT2D eigenvalue weighted by molar-refractivity contribution is 0.0543. The molecule has 0 N–H and O–H groups in total. The standard InChI is InChI=1S/C17H19FN4O2/c1-10-8-22(16(23)24-17(2,3)4)15-13(10)14(18)12(7-19-15)11-6-20-21(5)9-11/h6-9H,1-5H3. The Balaban J connectivity index is 2.14. The van der Waals surface area contributed by atoms with E-state index in [1.54, 1.807) is 58.0 Å². The van der Waals surface area contributed by atoms with Crippen LogP contribution in [0.2, 0.25) is 0 Å². The van der Waals surface area contributed by atoms with Gasteiger partial charge in [0.25, 0.3) is 0 Å². The van der Waals surface area contributed by atoms with Crippen LogP contribution < -0.4 is 0 Å². The summed E-state index contributed by atoms with van der Waals surface area (Å²) in [6.07, 6.45) is 5.66. The van der Waals surface area contributed by atoms with Crippen LogP contribution >= 0.6 is 0 Å². The SMILES string of the molecule is Cc1cn(C(=O)OC(C)(C)C)c2ncc(-c3cnn(C)c3)c(F)c12. The van der Waals surface area contributed by atoms with Crippen molar-refractivity contribution in [1.82, 2.24) is 19.3 Å². The highest BCUT2D eigenvalue weighted by atomic mass is 19.1. The van der Waals surface area contributed by atoms with E-state index >= 15 is 0 Å². The summed E-state index contributed by atoms with van der Waals surface area (Å²) in [5, 5.41) is 4.36. The van der Waals surface area contributed by atoms with E-state index in [1.165, 1.54) is 10.8 Å².